The highest BCUT2D eigenvalue weighted by Crippen LogP contribution is 2.36. The number of aromatic nitrogens is 1. The summed E-state index contributed by atoms with van der Waals surface area (Å²) < 4.78 is 15.3. The maximum Gasteiger partial charge on any atom is 0.280 e. The summed E-state index contributed by atoms with van der Waals surface area (Å²) in [6.07, 6.45) is 3.94. The van der Waals surface area contributed by atoms with Gasteiger partial charge in [-0.05, 0) is 73.3 Å². The summed E-state index contributed by atoms with van der Waals surface area (Å²) in [5.74, 6) is 0.475. The van der Waals surface area contributed by atoms with Crippen molar-refractivity contribution in [3.63, 3.8) is 0 Å². The lowest BCUT2D eigenvalue weighted by Crippen LogP contribution is -2.46. The van der Waals surface area contributed by atoms with E-state index in [4.69, 9.17) is 32.7 Å². The second-order valence-electron chi connectivity index (χ2n) is 8.39. The van der Waals surface area contributed by atoms with Crippen LogP contribution in [-0.2, 0) is 4.79 Å². The number of nitrogens with zero attached hydrogens (tertiary/aromatic N) is 2. The van der Waals surface area contributed by atoms with Gasteiger partial charge in [0.05, 0.1) is 13.7 Å². The third-order valence-corrected chi connectivity index (χ3v) is 7.70. The molecule has 0 aliphatic heterocycles. The van der Waals surface area contributed by atoms with E-state index in [2.05, 4.69) is 9.69 Å². The molecule has 2 aromatic carbocycles. The van der Waals surface area contributed by atoms with Crippen molar-refractivity contribution in [3.05, 3.63) is 69.1 Å². The van der Waals surface area contributed by atoms with Crippen molar-refractivity contribution < 1.29 is 19.1 Å². The molecule has 0 bridgehead atoms. The average molecular weight is 548 g/mol. The summed E-state index contributed by atoms with van der Waals surface area (Å²) in [5, 5.41) is 3.21. The second kappa shape index (κ2) is 12.0. The van der Waals surface area contributed by atoms with Crippen molar-refractivity contribution in [2.75, 3.05) is 18.6 Å². The van der Waals surface area contributed by atoms with Crippen molar-refractivity contribution in [1.29, 1.82) is 0 Å². The van der Waals surface area contributed by atoms with E-state index in [1.165, 1.54) is 4.90 Å². The Hall–Kier alpha value is -2.81. The molecule has 1 saturated carbocycles. The number of ether oxygens (including phenoxy) is 2. The van der Waals surface area contributed by atoms with Crippen LogP contribution in [0, 0.1) is 0 Å². The number of benzene rings is 2. The number of halogens is 2. The molecule has 1 N–H and O–H groups in total. The Bertz CT molecular complexity index is 1190. The van der Waals surface area contributed by atoms with E-state index in [1.807, 2.05) is 6.92 Å². The number of nitrogens with one attached hydrogen (secondary N) is 1. The molecule has 1 aliphatic rings. The number of carbonyl (C=O) groups is 2. The van der Waals surface area contributed by atoms with Gasteiger partial charge in [-0.15, -0.1) is 0 Å². The highest BCUT2D eigenvalue weighted by molar-refractivity contribution is 7.11. The van der Waals surface area contributed by atoms with Crippen molar-refractivity contribution in [3.8, 4) is 11.5 Å². The van der Waals surface area contributed by atoms with E-state index >= 15 is 0 Å². The van der Waals surface area contributed by atoms with Gasteiger partial charge in [0.2, 0.25) is 5.91 Å². The molecule has 36 heavy (non-hydrogen) atoms. The lowest BCUT2D eigenvalue weighted by molar-refractivity contribution is -0.123. The minimum absolute atomic E-state index is 0.00673. The molecule has 1 atom stereocenters. The molecule has 190 valence electrons. The summed E-state index contributed by atoms with van der Waals surface area (Å²) in [4.78, 5) is 29.2. The molecule has 0 radical (unpaired) electrons. The van der Waals surface area contributed by atoms with E-state index in [1.54, 1.807) is 55.6 Å². The quantitative estimate of drug-likeness (QED) is 0.339. The number of hydrogen-bond acceptors (Lipinski definition) is 6. The van der Waals surface area contributed by atoms with Crippen molar-refractivity contribution in [2.45, 2.75) is 44.7 Å². The van der Waals surface area contributed by atoms with Crippen molar-refractivity contribution in [1.82, 2.24) is 9.69 Å². The number of methoxy groups -OCH3 is 1. The molecule has 1 fully saturated rings. The minimum atomic E-state index is -0.988. The highest BCUT2D eigenvalue weighted by atomic mass is 35.5. The van der Waals surface area contributed by atoms with Crippen molar-refractivity contribution >= 4 is 52.2 Å². The molecular formula is C26H27Cl2N3O4S. The summed E-state index contributed by atoms with van der Waals surface area (Å²) in [5.41, 5.74) is 1.10. The number of carbonyl (C=O) groups excluding carboxylic acids is 2. The van der Waals surface area contributed by atoms with Gasteiger partial charge in [-0.1, -0.05) is 48.2 Å². The predicted molar refractivity (Wildman–Crippen MR) is 143 cm³/mol. The zero-order valence-electron chi connectivity index (χ0n) is 20.0. The van der Waals surface area contributed by atoms with Crippen LogP contribution < -0.4 is 19.7 Å². The van der Waals surface area contributed by atoms with Crippen LogP contribution in [0.25, 0.3) is 0 Å². The fourth-order valence-corrected chi connectivity index (χ4v) is 5.30. The Morgan fingerprint density at radius 2 is 1.72 bits per heavy atom. The summed E-state index contributed by atoms with van der Waals surface area (Å²) in [7, 11) is 1.57. The zero-order chi connectivity index (χ0) is 25.7. The normalized spacial score (nSPS) is 14.3. The summed E-state index contributed by atoms with van der Waals surface area (Å²) >= 11 is 13.4. The molecule has 1 aromatic heterocycles. The predicted octanol–water partition coefficient (Wildman–Crippen LogP) is 6.30. The Morgan fingerprint density at radius 3 is 2.28 bits per heavy atom. The van der Waals surface area contributed by atoms with Gasteiger partial charge in [0, 0.05) is 11.7 Å². The van der Waals surface area contributed by atoms with Crippen LogP contribution in [0.3, 0.4) is 0 Å². The largest absolute Gasteiger partial charge is 0.497 e. The molecule has 4 rings (SSSR count). The number of anilines is 1. The van der Waals surface area contributed by atoms with E-state index in [0.29, 0.717) is 29.4 Å². The number of rotatable bonds is 9. The molecule has 2 amide bonds. The fourth-order valence-electron chi connectivity index (χ4n) is 4.31. The smallest absolute Gasteiger partial charge is 0.280 e. The van der Waals surface area contributed by atoms with E-state index in [-0.39, 0.29) is 27.0 Å². The Labute approximate surface area is 224 Å². The Kier molecular flexibility index (Phi) is 8.72. The molecule has 1 heterocycles. The lowest BCUT2D eigenvalue weighted by Gasteiger charge is -2.32. The van der Waals surface area contributed by atoms with E-state index < -0.39 is 11.9 Å². The van der Waals surface area contributed by atoms with Crippen LogP contribution in [0.15, 0.2) is 48.5 Å². The van der Waals surface area contributed by atoms with Crippen LogP contribution in [-0.4, -0.2) is 35.9 Å². The minimum Gasteiger partial charge on any atom is -0.497 e. The Balaban J connectivity index is 1.82. The molecule has 7 nitrogen and oxygen atoms in total. The molecule has 1 unspecified atom stereocenters. The molecule has 3 aromatic rings. The lowest BCUT2D eigenvalue weighted by atomic mass is 10.0. The van der Waals surface area contributed by atoms with E-state index in [0.717, 1.165) is 37.2 Å². The van der Waals surface area contributed by atoms with E-state index in [9.17, 15) is 9.59 Å². The number of amides is 2. The first-order valence-corrected chi connectivity index (χ1v) is 13.3. The molecule has 10 heteroatoms. The third kappa shape index (κ3) is 5.77. The monoisotopic (exact) mass is 547 g/mol. The van der Waals surface area contributed by atoms with Gasteiger partial charge in [-0.25, -0.2) is 0 Å². The molecule has 0 saturated heterocycles. The second-order valence-corrected chi connectivity index (χ2v) is 10.1. The topological polar surface area (TPSA) is 80.8 Å². The van der Waals surface area contributed by atoms with Crippen LogP contribution in [0.4, 0.5) is 5.69 Å². The SMILES string of the molecule is CCOc1ccc(N(C(=O)c2nsc(Cl)c2Cl)C(C(=O)NC2CCCC2)c2ccc(OC)cc2)cc1. The number of hydrogen-bond donors (Lipinski definition) is 1. The summed E-state index contributed by atoms with van der Waals surface area (Å²) in [6, 6.07) is 13.2. The molecule has 0 spiro atoms. The standard InChI is InChI=1S/C26H27Cl2N3O4S/c1-3-35-20-14-10-18(11-15-20)31(26(33)22-21(27)24(28)36-30-22)23(16-8-12-19(34-2)13-9-16)25(32)29-17-6-4-5-7-17/h8-15,17,23H,3-7H2,1-2H3,(H,29,32). The van der Waals surface area contributed by atoms with Crippen LogP contribution in [0.5, 0.6) is 11.5 Å². The highest BCUT2D eigenvalue weighted by Gasteiger charge is 2.37. The van der Waals surface area contributed by atoms with Gasteiger partial charge < -0.3 is 14.8 Å². The fraction of sp³-hybridized carbons (Fsp3) is 0.346. The first-order chi connectivity index (χ1) is 17.4. The maximum atomic E-state index is 14.0. The van der Waals surface area contributed by atoms with Crippen LogP contribution >= 0.6 is 34.7 Å². The van der Waals surface area contributed by atoms with Gasteiger partial charge in [0.15, 0.2) is 5.69 Å². The maximum absolute atomic E-state index is 14.0. The van der Waals surface area contributed by atoms with Gasteiger partial charge >= 0.3 is 0 Å². The Morgan fingerprint density at radius 1 is 1.08 bits per heavy atom. The first kappa shape index (κ1) is 26.3. The molecule has 1 aliphatic carbocycles. The van der Waals surface area contributed by atoms with Gasteiger partial charge in [-0.2, -0.15) is 4.37 Å². The third-order valence-electron chi connectivity index (χ3n) is 6.08. The van der Waals surface area contributed by atoms with Gasteiger partial charge in [0.1, 0.15) is 26.9 Å². The van der Waals surface area contributed by atoms with Gasteiger partial charge in [-0.3, -0.25) is 14.5 Å². The van der Waals surface area contributed by atoms with Crippen LogP contribution in [0.2, 0.25) is 9.36 Å². The van der Waals surface area contributed by atoms with Crippen LogP contribution in [0.1, 0.15) is 54.7 Å². The zero-order valence-corrected chi connectivity index (χ0v) is 22.3. The van der Waals surface area contributed by atoms with Gasteiger partial charge in [0.25, 0.3) is 5.91 Å². The molecular weight excluding hydrogens is 521 g/mol. The average Bonchev–Trinajstić information content (AvgIpc) is 3.52. The first-order valence-electron chi connectivity index (χ1n) is 11.7. The summed E-state index contributed by atoms with van der Waals surface area (Å²) in [6.45, 7) is 2.40. The van der Waals surface area contributed by atoms with Crippen molar-refractivity contribution in [2.24, 2.45) is 0 Å².